The van der Waals surface area contributed by atoms with Gasteiger partial charge in [-0.15, -0.1) is 0 Å². The van der Waals surface area contributed by atoms with Gasteiger partial charge >= 0.3 is 0 Å². The van der Waals surface area contributed by atoms with Crippen molar-refractivity contribution >= 4 is 27.4 Å². The van der Waals surface area contributed by atoms with Crippen molar-refractivity contribution in [3.63, 3.8) is 0 Å². The summed E-state index contributed by atoms with van der Waals surface area (Å²) in [5, 5.41) is 6.95. The summed E-state index contributed by atoms with van der Waals surface area (Å²) >= 11 is 0. The summed E-state index contributed by atoms with van der Waals surface area (Å²) in [6, 6.07) is 12.5. The highest BCUT2D eigenvalue weighted by Crippen LogP contribution is 2.32. The van der Waals surface area contributed by atoms with Gasteiger partial charge in [0.05, 0.1) is 23.8 Å². The third kappa shape index (κ3) is 4.64. The number of aryl methyl sites for hydroxylation is 2. The first-order valence-electron chi connectivity index (χ1n) is 9.66. The maximum Gasteiger partial charge on any atom is 0.262 e. The van der Waals surface area contributed by atoms with Crippen LogP contribution < -0.4 is 19.5 Å². The summed E-state index contributed by atoms with van der Waals surface area (Å²) < 4.78 is 40.9. The van der Waals surface area contributed by atoms with E-state index in [0.717, 1.165) is 12.1 Å². The Morgan fingerprint density at radius 1 is 1.06 bits per heavy atom. The van der Waals surface area contributed by atoms with E-state index in [2.05, 4.69) is 15.1 Å². The van der Waals surface area contributed by atoms with Crippen molar-refractivity contribution in [3.8, 4) is 11.5 Å². The van der Waals surface area contributed by atoms with Gasteiger partial charge in [0, 0.05) is 36.9 Å². The van der Waals surface area contributed by atoms with E-state index >= 15 is 0 Å². The topological polar surface area (TPSA) is 112 Å². The molecule has 9 nitrogen and oxygen atoms in total. The van der Waals surface area contributed by atoms with Crippen LogP contribution in [0.15, 0.2) is 53.4 Å². The predicted octanol–water partition coefficient (Wildman–Crippen LogP) is 2.94. The van der Waals surface area contributed by atoms with Crippen molar-refractivity contribution in [1.82, 2.24) is 9.78 Å². The quantitative estimate of drug-likeness (QED) is 0.628. The van der Waals surface area contributed by atoms with Gasteiger partial charge < -0.3 is 14.8 Å². The van der Waals surface area contributed by atoms with Crippen molar-refractivity contribution in [1.29, 1.82) is 0 Å². The fourth-order valence-electron chi connectivity index (χ4n) is 3.16. The third-order valence-corrected chi connectivity index (χ3v) is 6.03. The molecule has 2 heterocycles. The maximum atomic E-state index is 12.9. The number of nitrogens with one attached hydrogen (secondary N) is 2. The maximum absolute atomic E-state index is 12.9. The highest BCUT2D eigenvalue weighted by atomic mass is 32.2. The van der Waals surface area contributed by atoms with Gasteiger partial charge in [-0.25, -0.2) is 8.42 Å². The van der Waals surface area contributed by atoms with Gasteiger partial charge in [0.15, 0.2) is 11.5 Å². The summed E-state index contributed by atoms with van der Waals surface area (Å²) in [6.45, 7) is 2.80. The first kappa shape index (κ1) is 20.7. The Kier molecular flexibility index (Phi) is 5.55. The number of ether oxygens (including phenoxy) is 2. The highest BCUT2D eigenvalue weighted by Gasteiger charge is 2.20. The SMILES string of the molecule is Cc1cc(NC(=O)c2cccc(NS(=O)(=O)c3ccc4c(c3)OCCCO4)c2)n(C)n1. The first-order valence-corrected chi connectivity index (χ1v) is 11.1. The average Bonchev–Trinajstić information content (AvgIpc) is 2.92. The number of carbonyl (C=O) groups is 1. The molecule has 0 unspecified atom stereocenters. The van der Waals surface area contributed by atoms with E-state index in [1.54, 1.807) is 42.1 Å². The van der Waals surface area contributed by atoms with Gasteiger partial charge in [-0.1, -0.05) is 6.07 Å². The summed E-state index contributed by atoms with van der Waals surface area (Å²) in [6.07, 6.45) is 0.724. The molecule has 1 amide bonds. The molecule has 0 spiro atoms. The summed E-state index contributed by atoms with van der Waals surface area (Å²) in [5.41, 5.74) is 1.34. The zero-order valence-corrected chi connectivity index (χ0v) is 17.9. The number of amides is 1. The number of rotatable bonds is 5. The lowest BCUT2D eigenvalue weighted by Crippen LogP contribution is -2.16. The number of hydrogen-bond acceptors (Lipinski definition) is 6. The molecule has 2 aromatic carbocycles. The van der Waals surface area contributed by atoms with Crippen LogP contribution in [0, 0.1) is 6.92 Å². The standard InChI is InChI=1S/C21H22N4O5S/c1-14-11-20(25(2)23-14)22-21(26)15-5-3-6-16(12-15)24-31(27,28)17-7-8-18-19(13-17)30-10-4-9-29-18/h3,5-8,11-13,24H,4,9-10H2,1-2H3,(H,22,26). The van der Waals surface area contributed by atoms with E-state index in [0.29, 0.717) is 36.1 Å². The van der Waals surface area contributed by atoms with Crippen molar-refractivity contribution in [2.45, 2.75) is 18.2 Å². The molecule has 0 fully saturated rings. The molecule has 0 bridgehead atoms. The van der Waals surface area contributed by atoms with E-state index in [1.165, 1.54) is 18.2 Å². The normalized spacial score (nSPS) is 13.4. The molecule has 1 aliphatic rings. The molecule has 0 atom stereocenters. The molecule has 0 radical (unpaired) electrons. The molecule has 1 aromatic heterocycles. The molecule has 3 aromatic rings. The van der Waals surface area contributed by atoms with Crippen LogP contribution in [0.3, 0.4) is 0 Å². The molecular weight excluding hydrogens is 420 g/mol. The number of nitrogens with zero attached hydrogens (tertiary/aromatic N) is 2. The summed E-state index contributed by atoms with van der Waals surface area (Å²) in [7, 11) is -2.17. The third-order valence-electron chi connectivity index (χ3n) is 4.65. The Hall–Kier alpha value is -3.53. The molecular formula is C21H22N4O5S. The second-order valence-electron chi connectivity index (χ2n) is 7.09. The Morgan fingerprint density at radius 3 is 2.58 bits per heavy atom. The van der Waals surface area contributed by atoms with Crippen molar-refractivity contribution < 1.29 is 22.7 Å². The minimum Gasteiger partial charge on any atom is -0.490 e. The predicted molar refractivity (Wildman–Crippen MR) is 115 cm³/mol. The van der Waals surface area contributed by atoms with Gasteiger partial charge in [0.1, 0.15) is 5.82 Å². The molecule has 31 heavy (non-hydrogen) atoms. The smallest absolute Gasteiger partial charge is 0.262 e. The molecule has 0 saturated heterocycles. The van der Waals surface area contributed by atoms with Crippen LogP contribution in [0.25, 0.3) is 0 Å². The van der Waals surface area contributed by atoms with Crippen LogP contribution in [-0.4, -0.2) is 37.3 Å². The Morgan fingerprint density at radius 2 is 1.84 bits per heavy atom. The van der Waals surface area contributed by atoms with Gasteiger partial charge in [-0.05, 0) is 37.3 Å². The lowest BCUT2D eigenvalue weighted by atomic mass is 10.2. The molecule has 162 valence electrons. The summed E-state index contributed by atoms with van der Waals surface area (Å²) in [5.74, 6) is 1.07. The summed E-state index contributed by atoms with van der Waals surface area (Å²) in [4.78, 5) is 12.6. The highest BCUT2D eigenvalue weighted by molar-refractivity contribution is 7.92. The molecule has 10 heteroatoms. The van der Waals surface area contributed by atoms with Crippen molar-refractivity contribution in [3.05, 3.63) is 59.8 Å². The van der Waals surface area contributed by atoms with E-state index in [1.807, 2.05) is 6.92 Å². The van der Waals surface area contributed by atoms with Crippen LogP contribution in [-0.2, 0) is 17.1 Å². The first-order chi connectivity index (χ1) is 14.8. The van der Waals surface area contributed by atoms with Crippen LogP contribution in [0.2, 0.25) is 0 Å². The van der Waals surface area contributed by atoms with Crippen LogP contribution in [0.5, 0.6) is 11.5 Å². The largest absolute Gasteiger partial charge is 0.490 e. The number of fused-ring (bicyclic) bond motifs is 1. The van der Waals surface area contributed by atoms with Gasteiger partial charge in [-0.3, -0.25) is 14.2 Å². The van der Waals surface area contributed by atoms with E-state index in [9.17, 15) is 13.2 Å². The van der Waals surface area contributed by atoms with Crippen LogP contribution >= 0.6 is 0 Å². The minimum atomic E-state index is -3.89. The number of sulfonamides is 1. The lowest BCUT2D eigenvalue weighted by Gasteiger charge is -2.12. The Labute approximate surface area is 180 Å². The van der Waals surface area contributed by atoms with Crippen LogP contribution in [0.4, 0.5) is 11.5 Å². The molecule has 0 aliphatic carbocycles. The van der Waals surface area contributed by atoms with Crippen molar-refractivity contribution in [2.24, 2.45) is 7.05 Å². The average molecular weight is 442 g/mol. The van der Waals surface area contributed by atoms with E-state index in [-0.39, 0.29) is 16.5 Å². The molecule has 1 aliphatic heterocycles. The second-order valence-corrected chi connectivity index (χ2v) is 8.78. The van der Waals surface area contributed by atoms with Gasteiger partial charge in [0.2, 0.25) is 0 Å². The number of aromatic nitrogens is 2. The zero-order chi connectivity index (χ0) is 22.0. The lowest BCUT2D eigenvalue weighted by molar-refractivity contribution is 0.102. The van der Waals surface area contributed by atoms with Crippen molar-refractivity contribution in [2.75, 3.05) is 23.3 Å². The number of hydrogen-bond donors (Lipinski definition) is 2. The number of carbonyl (C=O) groups excluding carboxylic acids is 1. The fourth-order valence-corrected chi connectivity index (χ4v) is 4.23. The van der Waals surface area contributed by atoms with E-state index < -0.39 is 10.0 Å². The van der Waals surface area contributed by atoms with Gasteiger partial charge in [0.25, 0.3) is 15.9 Å². The van der Waals surface area contributed by atoms with Crippen LogP contribution in [0.1, 0.15) is 22.5 Å². The molecule has 2 N–H and O–H groups in total. The van der Waals surface area contributed by atoms with E-state index in [4.69, 9.17) is 9.47 Å². The second kappa shape index (κ2) is 8.31. The number of benzene rings is 2. The minimum absolute atomic E-state index is 0.0389. The number of anilines is 2. The molecule has 0 saturated carbocycles. The molecule has 4 rings (SSSR count). The zero-order valence-electron chi connectivity index (χ0n) is 17.1. The van der Waals surface area contributed by atoms with Gasteiger partial charge in [-0.2, -0.15) is 5.10 Å². The fraction of sp³-hybridized carbons (Fsp3) is 0.238. The Balaban J connectivity index is 1.53. The monoisotopic (exact) mass is 442 g/mol. The Bertz CT molecular complexity index is 1240.